The van der Waals surface area contributed by atoms with Gasteiger partial charge in [-0.3, -0.25) is 4.79 Å². The first kappa shape index (κ1) is 21.6. The highest BCUT2D eigenvalue weighted by Crippen LogP contribution is 2.18. The second kappa shape index (κ2) is 9.61. The first-order valence-corrected chi connectivity index (χ1v) is 10.6. The number of sulfonamides is 1. The monoisotopic (exact) mass is 431 g/mol. The number of amides is 1. The fraction of sp³-hybridized carbons (Fsp3) is 0.250. The number of rotatable bonds is 6. The van der Waals surface area contributed by atoms with Crippen LogP contribution in [0.25, 0.3) is 0 Å². The predicted octanol–water partition coefficient (Wildman–Crippen LogP) is 1.26. The standard InChI is InChI=1S/C20H21N3O6S/c1-28-20(25)16-7-5-15(6-8-16)14-21-22-19(24)17-3-2-4-18(13-17)30(26,27)23-9-11-29-12-10-23/h2-8,13-14H,9-12H2,1H3,(H,22,24). The van der Waals surface area contributed by atoms with Crippen LogP contribution in [0.15, 0.2) is 58.5 Å². The number of morpholine rings is 1. The van der Waals surface area contributed by atoms with E-state index in [0.717, 1.165) is 0 Å². The quantitative estimate of drug-likeness (QED) is 0.418. The maximum Gasteiger partial charge on any atom is 0.337 e. The highest BCUT2D eigenvalue weighted by molar-refractivity contribution is 7.89. The van der Waals surface area contributed by atoms with Gasteiger partial charge >= 0.3 is 5.97 Å². The summed E-state index contributed by atoms with van der Waals surface area (Å²) >= 11 is 0. The molecular weight excluding hydrogens is 410 g/mol. The van der Waals surface area contributed by atoms with Gasteiger partial charge in [-0.1, -0.05) is 18.2 Å². The van der Waals surface area contributed by atoms with Crippen molar-refractivity contribution in [2.24, 2.45) is 5.10 Å². The van der Waals surface area contributed by atoms with E-state index in [1.807, 2.05) is 0 Å². The molecule has 10 heteroatoms. The van der Waals surface area contributed by atoms with Crippen molar-refractivity contribution >= 4 is 28.1 Å². The molecule has 1 aliphatic rings. The average Bonchev–Trinajstić information content (AvgIpc) is 2.79. The second-order valence-electron chi connectivity index (χ2n) is 6.36. The van der Waals surface area contributed by atoms with Crippen molar-refractivity contribution < 1.29 is 27.5 Å². The molecule has 0 atom stereocenters. The van der Waals surface area contributed by atoms with E-state index in [0.29, 0.717) is 24.3 Å². The molecule has 0 spiro atoms. The number of nitrogens with one attached hydrogen (secondary N) is 1. The number of methoxy groups -OCH3 is 1. The number of nitrogens with zero attached hydrogens (tertiary/aromatic N) is 2. The van der Waals surface area contributed by atoms with E-state index in [4.69, 9.17) is 4.74 Å². The molecule has 0 saturated carbocycles. The minimum absolute atomic E-state index is 0.0411. The van der Waals surface area contributed by atoms with Crippen molar-refractivity contribution in [2.45, 2.75) is 4.90 Å². The summed E-state index contributed by atoms with van der Waals surface area (Å²) in [5.41, 5.74) is 3.59. The topological polar surface area (TPSA) is 114 Å². The Morgan fingerprint density at radius 2 is 1.80 bits per heavy atom. The van der Waals surface area contributed by atoms with Gasteiger partial charge in [0.2, 0.25) is 10.0 Å². The van der Waals surface area contributed by atoms with Crippen molar-refractivity contribution in [3.63, 3.8) is 0 Å². The van der Waals surface area contributed by atoms with Gasteiger partial charge < -0.3 is 9.47 Å². The molecule has 158 valence electrons. The summed E-state index contributed by atoms with van der Waals surface area (Å²) in [4.78, 5) is 23.8. The molecule has 1 fully saturated rings. The van der Waals surface area contributed by atoms with Crippen LogP contribution in [0.3, 0.4) is 0 Å². The zero-order chi connectivity index (χ0) is 21.6. The number of ether oxygens (including phenoxy) is 2. The van der Waals surface area contributed by atoms with Gasteiger partial charge in [0.05, 0.1) is 37.0 Å². The number of hydrogen-bond acceptors (Lipinski definition) is 7. The Morgan fingerprint density at radius 1 is 1.10 bits per heavy atom. The van der Waals surface area contributed by atoms with Gasteiger partial charge in [0.1, 0.15) is 0 Å². The molecule has 9 nitrogen and oxygen atoms in total. The summed E-state index contributed by atoms with van der Waals surface area (Å²) in [5.74, 6) is -0.991. The Hall–Kier alpha value is -3.08. The van der Waals surface area contributed by atoms with E-state index < -0.39 is 21.9 Å². The number of carbonyl (C=O) groups is 2. The SMILES string of the molecule is COC(=O)c1ccc(C=NNC(=O)c2cccc(S(=O)(=O)N3CCOCC3)c2)cc1. The highest BCUT2D eigenvalue weighted by Gasteiger charge is 2.26. The van der Waals surface area contributed by atoms with Crippen molar-refractivity contribution in [3.8, 4) is 0 Å². The highest BCUT2D eigenvalue weighted by atomic mass is 32.2. The Kier molecular flexibility index (Phi) is 6.93. The van der Waals surface area contributed by atoms with E-state index in [-0.39, 0.29) is 23.5 Å². The number of benzene rings is 2. The van der Waals surface area contributed by atoms with Gasteiger partial charge in [-0.25, -0.2) is 18.6 Å². The summed E-state index contributed by atoms with van der Waals surface area (Å²) in [5, 5.41) is 3.88. The fourth-order valence-corrected chi connectivity index (χ4v) is 4.24. The zero-order valence-electron chi connectivity index (χ0n) is 16.3. The van der Waals surface area contributed by atoms with Crippen molar-refractivity contribution in [1.29, 1.82) is 0 Å². The van der Waals surface area contributed by atoms with E-state index in [1.165, 1.54) is 41.9 Å². The van der Waals surface area contributed by atoms with Crippen LogP contribution in [0.1, 0.15) is 26.3 Å². The third kappa shape index (κ3) is 5.09. The van der Waals surface area contributed by atoms with Crippen LogP contribution in [-0.4, -0.2) is 64.2 Å². The van der Waals surface area contributed by atoms with Crippen LogP contribution < -0.4 is 5.43 Å². The molecule has 0 radical (unpaired) electrons. The lowest BCUT2D eigenvalue weighted by molar-refractivity contribution is 0.0600. The Morgan fingerprint density at radius 3 is 2.47 bits per heavy atom. The lowest BCUT2D eigenvalue weighted by atomic mass is 10.1. The molecular formula is C20H21N3O6S. The molecule has 0 aromatic heterocycles. The molecule has 0 aliphatic carbocycles. The fourth-order valence-electron chi connectivity index (χ4n) is 2.79. The maximum atomic E-state index is 12.7. The van der Waals surface area contributed by atoms with E-state index in [1.54, 1.807) is 24.3 Å². The molecule has 2 aromatic rings. The largest absolute Gasteiger partial charge is 0.465 e. The second-order valence-corrected chi connectivity index (χ2v) is 8.29. The van der Waals surface area contributed by atoms with Crippen LogP contribution in [0.5, 0.6) is 0 Å². The van der Waals surface area contributed by atoms with Gasteiger partial charge in [0, 0.05) is 18.7 Å². The summed E-state index contributed by atoms with van der Waals surface area (Å²) in [6.45, 7) is 1.24. The lowest BCUT2D eigenvalue weighted by Crippen LogP contribution is -2.40. The Bertz CT molecular complexity index is 1040. The maximum absolute atomic E-state index is 12.7. The van der Waals surface area contributed by atoms with Crippen molar-refractivity contribution in [2.75, 3.05) is 33.4 Å². The zero-order valence-corrected chi connectivity index (χ0v) is 17.1. The summed E-state index contributed by atoms with van der Waals surface area (Å²) < 4.78 is 36.6. The Labute approximate surface area is 174 Å². The first-order chi connectivity index (χ1) is 14.4. The van der Waals surface area contributed by atoms with Crippen molar-refractivity contribution in [1.82, 2.24) is 9.73 Å². The molecule has 0 bridgehead atoms. The molecule has 1 saturated heterocycles. The van der Waals surface area contributed by atoms with Gasteiger partial charge in [-0.05, 0) is 35.9 Å². The first-order valence-electron chi connectivity index (χ1n) is 9.11. The molecule has 1 aliphatic heterocycles. The normalized spacial score (nSPS) is 15.1. The van der Waals surface area contributed by atoms with Crippen LogP contribution in [0, 0.1) is 0 Å². The van der Waals surface area contributed by atoms with Gasteiger partial charge in [0.25, 0.3) is 5.91 Å². The molecule has 30 heavy (non-hydrogen) atoms. The molecule has 2 aromatic carbocycles. The third-order valence-electron chi connectivity index (χ3n) is 4.42. The molecule has 1 amide bonds. The smallest absolute Gasteiger partial charge is 0.337 e. The van der Waals surface area contributed by atoms with Gasteiger partial charge in [-0.2, -0.15) is 9.41 Å². The van der Waals surface area contributed by atoms with E-state index in [2.05, 4.69) is 15.3 Å². The minimum atomic E-state index is -3.70. The van der Waals surface area contributed by atoms with Crippen LogP contribution in [0.4, 0.5) is 0 Å². The number of carbonyl (C=O) groups excluding carboxylic acids is 2. The van der Waals surface area contributed by atoms with Gasteiger partial charge in [0.15, 0.2) is 0 Å². The van der Waals surface area contributed by atoms with E-state index >= 15 is 0 Å². The van der Waals surface area contributed by atoms with Crippen LogP contribution >= 0.6 is 0 Å². The summed E-state index contributed by atoms with van der Waals surface area (Å²) in [6.07, 6.45) is 1.41. The molecule has 3 rings (SSSR count). The summed E-state index contributed by atoms with van der Waals surface area (Å²) in [6, 6.07) is 12.2. The number of hydrazone groups is 1. The molecule has 1 N–H and O–H groups in total. The molecule has 0 unspecified atom stereocenters. The molecule has 1 heterocycles. The minimum Gasteiger partial charge on any atom is -0.465 e. The number of esters is 1. The van der Waals surface area contributed by atoms with E-state index in [9.17, 15) is 18.0 Å². The van der Waals surface area contributed by atoms with Crippen LogP contribution in [0.2, 0.25) is 0 Å². The number of hydrogen-bond donors (Lipinski definition) is 1. The Balaban J connectivity index is 1.66. The third-order valence-corrected chi connectivity index (χ3v) is 6.31. The summed E-state index contributed by atoms with van der Waals surface area (Å²) in [7, 11) is -2.40. The average molecular weight is 431 g/mol. The lowest BCUT2D eigenvalue weighted by Gasteiger charge is -2.26. The van der Waals surface area contributed by atoms with Crippen molar-refractivity contribution in [3.05, 3.63) is 65.2 Å². The van der Waals surface area contributed by atoms with Crippen LogP contribution in [-0.2, 0) is 19.5 Å². The predicted molar refractivity (Wildman–Crippen MR) is 109 cm³/mol. The van der Waals surface area contributed by atoms with Gasteiger partial charge in [-0.15, -0.1) is 0 Å².